The maximum atomic E-state index is 12.6. The molecule has 0 aliphatic carbocycles. The number of benzene rings is 2. The van der Waals surface area contributed by atoms with E-state index in [9.17, 15) is 9.59 Å². The van der Waals surface area contributed by atoms with E-state index >= 15 is 0 Å². The molecule has 3 rings (SSSR count). The Hall–Kier alpha value is -2.66. The van der Waals surface area contributed by atoms with Crippen LogP contribution in [-0.4, -0.2) is 47.7 Å². The molecule has 1 unspecified atom stereocenters. The summed E-state index contributed by atoms with van der Waals surface area (Å²) in [6.45, 7) is 1.16. The lowest BCUT2D eigenvalue weighted by molar-refractivity contribution is -0.141. The van der Waals surface area contributed by atoms with Crippen molar-refractivity contribution in [3.8, 4) is 11.1 Å². The third-order valence-electron chi connectivity index (χ3n) is 4.07. The first kappa shape index (κ1) is 16.2. The summed E-state index contributed by atoms with van der Waals surface area (Å²) in [6, 6.07) is 17.4. The quantitative estimate of drug-likeness (QED) is 0.938. The fourth-order valence-corrected chi connectivity index (χ4v) is 2.84. The molecule has 1 amide bonds. The van der Waals surface area contributed by atoms with Crippen molar-refractivity contribution < 1.29 is 19.4 Å². The van der Waals surface area contributed by atoms with Crippen LogP contribution in [-0.2, 0) is 9.53 Å². The molecular weight excluding hydrogens is 306 g/mol. The van der Waals surface area contributed by atoms with Crippen molar-refractivity contribution in [1.82, 2.24) is 4.90 Å². The van der Waals surface area contributed by atoms with E-state index < -0.39 is 12.1 Å². The van der Waals surface area contributed by atoms with Gasteiger partial charge in [0.05, 0.1) is 19.1 Å². The van der Waals surface area contributed by atoms with Crippen LogP contribution < -0.4 is 0 Å². The van der Waals surface area contributed by atoms with Gasteiger partial charge in [-0.15, -0.1) is 0 Å². The normalized spacial score (nSPS) is 17.5. The molecule has 0 bridgehead atoms. The fraction of sp³-hybridized carbons (Fsp3) is 0.263. The van der Waals surface area contributed by atoms with E-state index in [1.165, 1.54) is 0 Å². The first-order valence-electron chi connectivity index (χ1n) is 7.91. The molecule has 1 heterocycles. The number of aliphatic carboxylic acids is 1. The summed E-state index contributed by atoms with van der Waals surface area (Å²) in [4.78, 5) is 25.1. The van der Waals surface area contributed by atoms with Crippen LogP contribution in [0.15, 0.2) is 54.6 Å². The lowest BCUT2D eigenvalue weighted by atomic mass is 10.0. The summed E-state index contributed by atoms with van der Waals surface area (Å²) >= 11 is 0. The van der Waals surface area contributed by atoms with Gasteiger partial charge in [0.15, 0.2) is 0 Å². The van der Waals surface area contributed by atoms with Crippen LogP contribution in [0, 0.1) is 0 Å². The van der Waals surface area contributed by atoms with Gasteiger partial charge in [-0.1, -0.05) is 42.5 Å². The average molecular weight is 325 g/mol. The van der Waals surface area contributed by atoms with Crippen molar-refractivity contribution in [2.24, 2.45) is 0 Å². The molecule has 1 saturated heterocycles. The third-order valence-corrected chi connectivity index (χ3v) is 4.07. The minimum absolute atomic E-state index is 0.0866. The summed E-state index contributed by atoms with van der Waals surface area (Å²) < 4.78 is 5.41. The Balaban J connectivity index is 1.70. The van der Waals surface area contributed by atoms with Crippen molar-refractivity contribution in [2.75, 3.05) is 19.7 Å². The Kier molecular flexibility index (Phi) is 4.91. The SMILES string of the molecule is O=C(O)CC1CN(C(=O)c2ccc(-c3ccccc3)cc2)CCO1. The van der Waals surface area contributed by atoms with Crippen LogP contribution in [0.4, 0.5) is 0 Å². The van der Waals surface area contributed by atoms with Crippen LogP contribution in [0.25, 0.3) is 11.1 Å². The molecule has 1 aliphatic heterocycles. The predicted octanol–water partition coefficient (Wildman–Crippen LogP) is 2.67. The zero-order valence-electron chi connectivity index (χ0n) is 13.2. The summed E-state index contributed by atoms with van der Waals surface area (Å²) in [5, 5.41) is 8.86. The second-order valence-corrected chi connectivity index (χ2v) is 5.79. The van der Waals surface area contributed by atoms with Gasteiger partial charge in [0.25, 0.3) is 5.91 Å². The lowest BCUT2D eigenvalue weighted by Gasteiger charge is -2.32. The number of rotatable bonds is 4. The summed E-state index contributed by atoms with van der Waals surface area (Å²) in [5.41, 5.74) is 2.76. The highest BCUT2D eigenvalue weighted by Crippen LogP contribution is 2.20. The molecule has 2 aromatic rings. The van der Waals surface area contributed by atoms with Gasteiger partial charge in [-0.25, -0.2) is 0 Å². The van der Waals surface area contributed by atoms with Crippen LogP contribution in [0.5, 0.6) is 0 Å². The van der Waals surface area contributed by atoms with Crippen molar-refractivity contribution in [1.29, 1.82) is 0 Å². The molecule has 0 radical (unpaired) electrons. The maximum absolute atomic E-state index is 12.6. The number of hydrogen-bond acceptors (Lipinski definition) is 3. The molecule has 0 saturated carbocycles. The molecular formula is C19H19NO4. The lowest BCUT2D eigenvalue weighted by Crippen LogP contribution is -2.46. The molecule has 1 aliphatic rings. The van der Waals surface area contributed by atoms with E-state index in [-0.39, 0.29) is 12.3 Å². The van der Waals surface area contributed by atoms with Crippen molar-refractivity contribution in [3.63, 3.8) is 0 Å². The van der Waals surface area contributed by atoms with E-state index in [1.807, 2.05) is 54.6 Å². The number of morpholine rings is 1. The number of amides is 1. The molecule has 5 heteroatoms. The first-order valence-corrected chi connectivity index (χ1v) is 7.91. The third kappa shape index (κ3) is 3.81. The number of hydrogen-bond donors (Lipinski definition) is 1. The van der Waals surface area contributed by atoms with Gasteiger partial charge in [0.2, 0.25) is 0 Å². The van der Waals surface area contributed by atoms with Crippen molar-refractivity contribution >= 4 is 11.9 Å². The van der Waals surface area contributed by atoms with Gasteiger partial charge in [0.1, 0.15) is 0 Å². The molecule has 1 atom stereocenters. The second kappa shape index (κ2) is 7.27. The Bertz CT molecular complexity index is 712. The van der Waals surface area contributed by atoms with E-state index in [0.29, 0.717) is 25.3 Å². The van der Waals surface area contributed by atoms with Gasteiger partial charge in [0, 0.05) is 18.7 Å². The van der Waals surface area contributed by atoms with Gasteiger partial charge < -0.3 is 14.7 Å². The topological polar surface area (TPSA) is 66.8 Å². The highest BCUT2D eigenvalue weighted by atomic mass is 16.5. The van der Waals surface area contributed by atoms with Crippen LogP contribution in [0.3, 0.4) is 0 Å². The highest BCUT2D eigenvalue weighted by Gasteiger charge is 2.26. The van der Waals surface area contributed by atoms with E-state index in [0.717, 1.165) is 11.1 Å². The number of carbonyl (C=O) groups is 2. The smallest absolute Gasteiger partial charge is 0.306 e. The van der Waals surface area contributed by atoms with Gasteiger partial charge >= 0.3 is 5.97 Å². The number of ether oxygens (including phenoxy) is 1. The predicted molar refractivity (Wildman–Crippen MR) is 89.8 cm³/mol. The largest absolute Gasteiger partial charge is 0.481 e. The number of carbonyl (C=O) groups excluding carboxylic acids is 1. The molecule has 5 nitrogen and oxygen atoms in total. The number of carboxylic acid groups (broad SMARTS) is 1. The van der Waals surface area contributed by atoms with Crippen LogP contribution in [0.2, 0.25) is 0 Å². The van der Waals surface area contributed by atoms with Crippen molar-refractivity contribution in [3.05, 3.63) is 60.2 Å². The highest BCUT2D eigenvalue weighted by molar-refractivity contribution is 5.94. The molecule has 24 heavy (non-hydrogen) atoms. The van der Waals surface area contributed by atoms with Crippen LogP contribution in [0.1, 0.15) is 16.8 Å². The number of nitrogens with zero attached hydrogens (tertiary/aromatic N) is 1. The van der Waals surface area contributed by atoms with Gasteiger partial charge in [-0.3, -0.25) is 9.59 Å². The molecule has 1 N–H and O–H groups in total. The molecule has 1 fully saturated rings. The zero-order chi connectivity index (χ0) is 16.9. The summed E-state index contributed by atoms with van der Waals surface area (Å²) in [7, 11) is 0. The Labute approximate surface area is 140 Å². The molecule has 0 spiro atoms. The second-order valence-electron chi connectivity index (χ2n) is 5.79. The monoisotopic (exact) mass is 325 g/mol. The van der Waals surface area contributed by atoms with E-state index in [2.05, 4.69) is 0 Å². The minimum Gasteiger partial charge on any atom is -0.481 e. The van der Waals surface area contributed by atoms with Crippen LogP contribution >= 0.6 is 0 Å². The van der Waals surface area contributed by atoms with E-state index in [4.69, 9.17) is 9.84 Å². The first-order chi connectivity index (χ1) is 11.6. The maximum Gasteiger partial charge on any atom is 0.306 e. The minimum atomic E-state index is -0.915. The van der Waals surface area contributed by atoms with Gasteiger partial charge in [-0.2, -0.15) is 0 Å². The fourth-order valence-electron chi connectivity index (χ4n) is 2.84. The zero-order valence-corrected chi connectivity index (χ0v) is 13.2. The molecule has 124 valence electrons. The Morgan fingerprint density at radius 2 is 1.71 bits per heavy atom. The number of carboxylic acids is 1. The van der Waals surface area contributed by atoms with E-state index in [1.54, 1.807) is 4.90 Å². The van der Waals surface area contributed by atoms with Crippen molar-refractivity contribution in [2.45, 2.75) is 12.5 Å². The molecule has 0 aromatic heterocycles. The van der Waals surface area contributed by atoms with Gasteiger partial charge in [-0.05, 0) is 23.3 Å². The standard InChI is InChI=1S/C19H19NO4/c21-18(22)12-17-13-20(10-11-24-17)19(23)16-8-6-15(7-9-16)14-4-2-1-3-5-14/h1-9,17H,10-13H2,(H,21,22). The molecule has 2 aromatic carbocycles. The summed E-state index contributed by atoms with van der Waals surface area (Å²) in [6.07, 6.45) is -0.528. The Morgan fingerprint density at radius 1 is 1.04 bits per heavy atom. The average Bonchev–Trinajstić information content (AvgIpc) is 2.62. The summed E-state index contributed by atoms with van der Waals surface area (Å²) in [5.74, 6) is -1.00. The Morgan fingerprint density at radius 3 is 2.38 bits per heavy atom.